The Kier molecular flexibility index (Phi) is 5.52. The largest absolute Gasteiger partial charge is 0.481 e. The van der Waals surface area contributed by atoms with Crippen molar-refractivity contribution in [3.8, 4) is 0 Å². The van der Waals surface area contributed by atoms with Crippen LogP contribution in [0.3, 0.4) is 0 Å². The number of carbonyl (C=O) groups is 2. The highest BCUT2D eigenvalue weighted by Crippen LogP contribution is 2.20. The van der Waals surface area contributed by atoms with E-state index in [2.05, 4.69) is 0 Å². The van der Waals surface area contributed by atoms with E-state index in [0.717, 1.165) is 12.0 Å². The van der Waals surface area contributed by atoms with Crippen molar-refractivity contribution in [3.05, 3.63) is 35.6 Å². The first-order chi connectivity index (χ1) is 10.5. The number of carboxylic acids is 1. The van der Waals surface area contributed by atoms with E-state index in [4.69, 9.17) is 5.11 Å². The Hall–Kier alpha value is -1.91. The summed E-state index contributed by atoms with van der Waals surface area (Å²) < 4.78 is 13.2. The number of hydrogen-bond donors (Lipinski definition) is 1. The van der Waals surface area contributed by atoms with Crippen LogP contribution in [0.4, 0.5) is 4.39 Å². The topological polar surface area (TPSA) is 57.6 Å². The molecule has 1 aliphatic heterocycles. The molecule has 1 fully saturated rings. The molecule has 0 bridgehead atoms. The Bertz CT molecular complexity index is 546. The number of carboxylic acid groups (broad SMARTS) is 1. The molecule has 120 valence electrons. The third kappa shape index (κ3) is 4.55. The maximum Gasteiger partial charge on any atom is 0.308 e. The molecule has 2 atom stereocenters. The lowest BCUT2D eigenvalue weighted by Gasteiger charge is -2.31. The van der Waals surface area contributed by atoms with E-state index < -0.39 is 11.9 Å². The molecule has 1 amide bonds. The van der Waals surface area contributed by atoms with E-state index in [0.29, 0.717) is 32.4 Å². The smallest absolute Gasteiger partial charge is 0.308 e. The molecule has 1 N–H and O–H groups in total. The van der Waals surface area contributed by atoms with E-state index in [9.17, 15) is 14.0 Å². The average Bonchev–Trinajstić information content (AvgIpc) is 2.47. The molecule has 1 aromatic rings. The Labute approximate surface area is 129 Å². The van der Waals surface area contributed by atoms with Crippen molar-refractivity contribution in [1.29, 1.82) is 0 Å². The molecule has 0 unspecified atom stereocenters. The average molecular weight is 307 g/mol. The fourth-order valence-corrected chi connectivity index (χ4v) is 2.97. The summed E-state index contributed by atoms with van der Waals surface area (Å²) in [7, 11) is 0. The summed E-state index contributed by atoms with van der Waals surface area (Å²) in [6.45, 7) is 2.90. The van der Waals surface area contributed by atoms with Gasteiger partial charge >= 0.3 is 5.97 Å². The van der Waals surface area contributed by atoms with E-state index in [1.807, 2.05) is 13.0 Å². The minimum absolute atomic E-state index is 0.00477. The third-order valence-corrected chi connectivity index (χ3v) is 4.12. The lowest BCUT2D eigenvalue weighted by molar-refractivity contribution is -0.145. The first-order valence-electron chi connectivity index (χ1n) is 7.70. The number of benzene rings is 1. The number of rotatable bonds is 5. The molecule has 5 heteroatoms. The van der Waals surface area contributed by atoms with Crippen molar-refractivity contribution >= 4 is 11.9 Å². The van der Waals surface area contributed by atoms with Gasteiger partial charge in [0.15, 0.2) is 0 Å². The molecule has 0 radical (unpaired) electrons. The molecule has 1 aromatic carbocycles. The van der Waals surface area contributed by atoms with Gasteiger partial charge < -0.3 is 10.0 Å². The van der Waals surface area contributed by atoms with Crippen LogP contribution < -0.4 is 0 Å². The summed E-state index contributed by atoms with van der Waals surface area (Å²) in [5.74, 6) is -1.45. The fourth-order valence-electron chi connectivity index (χ4n) is 2.97. The minimum atomic E-state index is -0.828. The standard InChI is InChI=1S/C17H22FNO3/c1-12(8-13-4-2-6-15(18)10-13)9-16(20)19-7-3-5-14(11-19)17(21)22/h2,4,6,10,12,14H,3,5,7-9,11H2,1H3,(H,21,22)/t12-,14+/m1/s1. The predicted octanol–water partition coefficient (Wildman–Crippen LogP) is 2.72. The van der Waals surface area contributed by atoms with Gasteiger partial charge in [0.1, 0.15) is 5.82 Å². The van der Waals surface area contributed by atoms with Crippen LogP contribution in [0, 0.1) is 17.7 Å². The number of nitrogens with zero attached hydrogens (tertiary/aromatic N) is 1. The van der Waals surface area contributed by atoms with E-state index in [-0.39, 0.29) is 17.6 Å². The van der Waals surface area contributed by atoms with Crippen LogP contribution in [-0.2, 0) is 16.0 Å². The van der Waals surface area contributed by atoms with Gasteiger partial charge in [0.05, 0.1) is 5.92 Å². The maximum absolute atomic E-state index is 13.2. The summed E-state index contributed by atoms with van der Waals surface area (Å²) in [6.07, 6.45) is 2.38. The zero-order valence-electron chi connectivity index (χ0n) is 12.8. The maximum atomic E-state index is 13.2. The van der Waals surface area contributed by atoms with Gasteiger partial charge in [-0.1, -0.05) is 19.1 Å². The van der Waals surface area contributed by atoms with Crippen molar-refractivity contribution in [2.75, 3.05) is 13.1 Å². The second-order valence-corrected chi connectivity index (χ2v) is 6.16. The van der Waals surface area contributed by atoms with Gasteiger partial charge in [-0.2, -0.15) is 0 Å². The van der Waals surface area contributed by atoms with Crippen LogP contribution in [0.25, 0.3) is 0 Å². The quantitative estimate of drug-likeness (QED) is 0.910. The number of halogens is 1. The number of aliphatic carboxylic acids is 1. The summed E-state index contributed by atoms with van der Waals surface area (Å²) in [4.78, 5) is 25.0. The lowest BCUT2D eigenvalue weighted by Crippen LogP contribution is -2.42. The minimum Gasteiger partial charge on any atom is -0.481 e. The highest BCUT2D eigenvalue weighted by atomic mass is 19.1. The number of hydrogen-bond acceptors (Lipinski definition) is 2. The number of carbonyl (C=O) groups excluding carboxylic acids is 1. The van der Waals surface area contributed by atoms with Gasteiger partial charge in [-0.15, -0.1) is 0 Å². The molecule has 22 heavy (non-hydrogen) atoms. The summed E-state index contributed by atoms with van der Waals surface area (Å²) in [5, 5.41) is 9.07. The van der Waals surface area contributed by atoms with Crippen molar-refractivity contribution in [2.45, 2.75) is 32.6 Å². The molecule has 1 aliphatic rings. The number of amides is 1. The van der Waals surface area contributed by atoms with Gasteiger partial charge in [0, 0.05) is 19.5 Å². The second-order valence-electron chi connectivity index (χ2n) is 6.16. The van der Waals surface area contributed by atoms with Crippen LogP contribution >= 0.6 is 0 Å². The van der Waals surface area contributed by atoms with Crippen molar-refractivity contribution in [2.24, 2.45) is 11.8 Å². The zero-order valence-corrected chi connectivity index (χ0v) is 12.8. The second kappa shape index (κ2) is 7.38. The summed E-state index contributed by atoms with van der Waals surface area (Å²) >= 11 is 0. The monoisotopic (exact) mass is 307 g/mol. The van der Waals surface area contributed by atoms with Gasteiger partial charge in [0.25, 0.3) is 0 Å². The summed E-state index contributed by atoms with van der Waals surface area (Å²) in [5.41, 5.74) is 0.877. The van der Waals surface area contributed by atoms with Crippen molar-refractivity contribution < 1.29 is 19.1 Å². The zero-order chi connectivity index (χ0) is 16.1. The van der Waals surface area contributed by atoms with E-state index in [1.165, 1.54) is 12.1 Å². The van der Waals surface area contributed by atoms with Gasteiger partial charge in [-0.25, -0.2) is 4.39 Å². The Morgan fingerprint density at radius 1 is 1.45 bits per heavy atom. The molecular weight excluding hydrogens is 285 g/mol. The Morgan fingerprint density at radius 2 is 2.23 bits per heavy atom. The first-order valence-corrected chi connectivity index (χ1v) is 7.70. The Balaban J connectivity index is 1.86. The molecule has 0 aromatic heterocycles. The van der Waals surface area contributed by atoms with Gasteiger partial charge in [-0.05, 0) is 42.9 Å². The predicted molar refractivity (Wildman–Crippen MR) is 80.8 cm³/mol. The normalized spacial score (nSPS) is 19.7. The molecule has 0 saturated carbocycles. The van der Waals surface area contributed by atoms with Crippen molar-refractivity contribution in [3.63, 3.8) is 0 Å². The molecule has 1 heterocycles. The van der Waals surface area contributed by atoms with Crippen molar-refractivity contribution in [1.82, 2.24) is 4.90 Å². The molecule has 1 saturated heterocycles. The number of likely N-dealkylation sites (tertiary alicyclic amines) is 1. The Morgan fingerprint density at radius 3 is 2.91 bits per heavy atom. The highest BCUT2D eigenvalue weighted by Gasteiger charge is 2.28. The molecule has 2 rings (SSSR count). The molecule has 0 spiro atoms. The first kappa shape index (κ1) is 16.5. The fraction of sp³-hybridized carbons (Fsp3) is 0.529. The van der Waals surface area contributed by atoms with E-state index in [1.54, 1.807) is 11.0 Å². The third-order valence-electron chi connectivity index (χ3n) is 4.12. The summed E-state index contributed by atoms with van der Waals surface area (Å²) in [6, 6.07) is 6.41. The van der Waals surface area contributed by atoms with Crippen LogP contribution in [0.15, 0.2) is 24.3 Å². The SMILES string of the molecule is C[C@@H](CC(=O)N1CCC[C@H](C(=O)O)C1)Cc1cccc(F)c1. The molecular formula is C17H22FNO3. The van der Waals surface area contributed by atoms with Crippen LogP contribution in [-0.4, -0.2) is 35.0 Å². The lowest BCUT2D eigenvalue weighted by atomic mass is 9.95. The number of piperidine rings is 1. The highest BCUT2D eigenvalue weighted by molar-refractivity contribution is 5.78. The van der Waals surface area contributed by atoms with Crippen LogP contribution in [0.2, 0.25) is 0 Å². The molecule has 4 nitrogen and oxygen atoms in total. The van der Waals surface area contributed by atoms with Gasteiger partial charge in [-0.3, -0.25) is 9.59 Å². The van der Waals surface area contributed by atoms with Crippen LogP contribution in [0.1, 0.15) is 31.7 Å². The van der Waals surface area contributed by atoms with E-state index >= 15 is 0 Å². The van der Waals surface area contributed by atoms with Gasteiger partial charge in [0.2, 0.25) is 5.91 Å². The molecule has 0 aliphatic carbocycles. The van der Waals surface area contributed by atoms with Crippen LogP contribution in [0.5, 0.6) is 0 Å².